The van der Waals surface area contributed by atoms with Gasteiger partial charge in [0.1, 0.15) is 5.01 Å². The van der Waals surface area contributed by atoms with E-state index in [2.05, 4.69) is 28.9 Å². The number of carbonyl (C=O) groups is 1. The lowest BCUT2D eigenvalue weighted by atomic mass is 9.96. The quantitative estimate of drug-likeness (QED) is 0.814. The monoisotopic (exact) mass is 352 g/mol. The molecule has 0 spiro atoms. The number of hydrogen-bond donors (Lipinski definition) is 0. The highest BCUT2D eigenvalue weighted by Crippen LogP contribution is 2.29. The van der Waals surface area contributed by atoms with Crippen molar-refractivity contribution in [1.29, 1.82) is 0 Å². The van der Waals surface area contributed by atoms with E-state index >= 15 is 0 Å². The van der Waals surface area contributed by atoms with Gasteiger partial charge in [0.25, 0.3) is 0 Å². The fraction of sp³-hybridized carbons (Fsp3) is 0.824. The second-order valence-electron chi connectivity index (χ2n) is 7.29. The number of rotatable bonds is 5. The Morgan fingerprint density at radius 3 is 2.67 bits per heavy atom. The zero-order chi connectivity index (χ0) is 17.1. The Kier molecular flexibility index (Phi) is 5.71. The molecule has 0 N–H and O–H groups in total. The maximum Gasteiger partial charge on any atom is 0.227 e. The molecule has 2 fully saturated rings. The molecule has 134 valence electrons. The molecule has 1 aromatic rings. The van der Waals surface area contributed by atoms with Gasteiger partial charge in [-0.1, -0.05) is 25.2 Å². The van der Waals surface area contributed by atoms with Gasteiger partial charge in [0.05, 0.1) is 12.5 Å². The molecule has 0 saturated carbocycles. The molecule has 7 heteroatoms. The van der Waals surface area contributed by atoms with Gasteiger partial charge in [0.15, 0.2) is 0 Å². The number of hydrogen-bond acceptors (Lipinski definition) is 6. The number of carbonyl (C=O) groups excluding carboxylic acids is 1. The summed E-state index contributed by atoms with van der Waals surface area (Å²) in [7, 11) is 1.94. The first-order valence-corrected chi connectivity index (χ1v) is 9.77. The lowest BCUT2D eigenvalue weighted by Gasteiger charge is -2.34. The number of aromatic nitrogens is 2. The summed E-state index contributed by atoms with van der Waals surface area (Å²) in [5.41, 5.74) is 0. The summed E-state index contributed by atoms with van der Waals surface area (Å²) >= 11 is 1.71. The van der Waals surface area contributed by atoms with Crippen molar-refractivity contribution in [2.24, 2.45) is 11.8 Å². The molecule has 0 aliphatic carbocycles. The van der Waals surface area contributed by atoms with Gasteiger partial charge in [-0.05, 0) is 25.2 Å². The van der Waals surface area contributed by atoms with E-state index in [1.165, 1.54) is 0 Å². The number of ether oxygens (including phenoxy) is 1. The molecule has 1 amide bonds. The smallest absolute Gasteiger partial charge is 0.227 e. The summed E-state index contributed by atoms with van der Waals surface area (Å²) in [6, 6.07) is 0. The summed E-state index contributed by atoms with van der Waals surface area (Å²) in [5.74, 6) is 1.34. The topological polar surface area (TPSA) is 58.6 Å². The second-order valence-corrected chi connectivity index (χ2v) is 8.27. The average Bonchev–Trinajstić information content (AvgIpc) is 3.26. The highest BCUT2D eigenvalue weighted by atomic mass is 32.1. The van der Waals surface area contributed by atoms with Crippen molar-refractivity contribution in [1.82, 2.24) is 15.1 Å². The maximum atomic E-state index is 12.4. The molecule has 1 unspecified atom stereocenters. The molecule has 3 rings (SSSR count). The fourth-order valence-electron chi connectivity index (χ4n) is 3.41. The second kappa shape index (κ2) is 7.78. The van der Waals surface area contributed by atoms with Crippen LogP contribution in [0.25, 0.3) is 0 Å². The van der Waals surface area contributed by atoms with Gasteiger partial charge in [-0.25, -0.2) is 0 Å². The number of anilines is 1. The van der Waals surface area contributed by atoms with Crippen LogP contribution in [0.5, 0.6) is 0 Å². The molecule has 3 heterocycles. The minimum absolute atomic E-state index is 0.0749. The summed E-state index contributed by atoms with van der Waals surface area (Å²) in [6.45, 7) is 8.49. The van der Waals surface area contributed by atoms with Gasteiger partial charge >= 0.3 is 0 Å². The lowest BCUT2D eigenvalue weighted by molar-refractivity contribution is -0.134. The minimum Gasteiger partial charge on any atom is -0.381 e. The normalized spacial score (nSPS) is 22.3. The lowest BCUT2D eigenvalue weighted by Crippen LogP contribution is -2.41. The Morgan fingerprint density at radius 1 is 1.33 bits per heavy atom. The van der Waals surface area contributed by atoms with Crippen molar-refractivity contribution in [3.05, 3.63) is 5.01 Å². The highest BCUT2D eigenvalue weighted by molar-refractivity contribution is 7.15. The van der Waals surface area contributed by atoms with Crippen molar-refractivity contribution >= 4 is 22.4 Å². The van der Waals surface area contributed by atoms with Gasteiger partial charge in [-0.2, -0.15) is 0 Å². The van der Waals surface area contributed by atoms with Crippen LogP contribution in [-0.2, 0) is 9.53 Å². The first kappa shape index (κ1) is 17.6. The first-order valence-electron chi connectivity index (χ1n) is 8.95. The number of nitrogens with zero attached hydrogens (tertiary/aromatic N) is 4. The SMILES string of the molecule is CC(C)c1nnc(N2CCC(CN(C)C(=O)C3CCOC3)CC2)s1. The van der Waals surface area contributed by atoms with Crippen LogP contribution in [0.15, 0.2) is 0 Å². The molecule has 1 aromatic heterocycles. The van der Waals surface area contributed by atoms with Crippen molar-refractivity contribution in [2.45, 2.75) is 39.0 Å². The molecule has 6 nitrogen and oxygen atoms in total. The van der Waals surface area contributed by atoms with E-state index in [4.69, 9.17) is 4.74 Å². The summed E-state index contributed by atoms with van der Waals surface area (Å²) in [6.07, 6.45) is 3.08. The van der Waals surface area contributed by atoms with Crippen LogP contribution in [0.4, 0.5) is 5.13 Å². The zero-order valence-electron chi connectivity index (χ0n) is 14.9. The van der Waals surface area contributed by atoms with Crippen LogP contribution >= 0.6 is 11.3 Å². The Balaban J connectivity index is 1.46. The van der Waals surface area contributed by atoms with E-state index in [1.807, 2.05) is 11.9 Å². The molecular formula is C17H28N4O2S. The molecule has 2 saturated heterocycles. The van der Waals surface area contributed by atoms with Crippen molar-refractivity contribution < 1.29 is 9.53 Å². The molecule has 0 radical (unpaired) electrons. The maximum absolute atomic E-state index is 12.4. The first-order chi connectivity index (χ1) is 11.5. The summed E-state index contributed by atoms with van der Waals surface area (Å²) in [5, 5.41) is 10.8. The van der Waals surface area contributed by atoms with Crippen LogP contribution in [0.1, 0.15) is 44.0 Å². The van der Waals surface area contributed by atoms with Gasteiger partial charge in [-0.3, -0.25) is 4.79 Å². The Labute approximate surface area is 148 Å². The van der Waals surface area contributed by atoms with Gasteiger partial charge < -0.3 is 14.5 Å². The van der Waals surface area contributed by atoms with E-state index < -0.39 is 0 Å². The molecule has 2 aliphatic rings. The van der Waals surface area contributed by atoms with Gasteiger partial charge in [-0.15, -0.1) is 10.2 Å². The third-order valence-corrected chi connectivity index (χ3v) is 6.28. The predicted molar refractivity (Wildman–Crippen MR) is 95.5 cm³/mol. The summed E-state index contributed by atoms with van der Waals surface area (Å²) < 4.78 is 5.33. The molecular weight excluding hydrogens is 324 g/mol. The minimum atomic E-state index is 0.0749. The van der Waals surface area contributed by atoms with Gasteiger partial charge in [0.2, 0.25) is 11.0 Å². The van der Waals surface area contributed by atoms with Gasteiger partial charge in [0, 0.05) is 39.2 Å². The van der Waals surface area contributed by atoms with Crippen LogP contribution < -0.4 is 4.90 Å². The van der Waals surface area contributed by atoms with Crippen LogP contribution in [0.2, 0.25) is 0 Å². The summed E-state index contributed by atoms with van der Waals surface area (Å²) in [4.78, 5) is 16.6. The third-order valence-electron chi connectivity index (χ3n) is 5.00. The van der Waals surface area contributed by atoms with E-state index in [1.54, 1.807) is 11.3 Å². The third kappa shape index (κ3) is 4.06. The number of amides is 1. The van der Waals surface area contributed by atoms with Crippen molar-refractivity contribution in [3.8, 4) is 0 Å². The van der Waals surface area contributed by atoms with E-state index in [0.29, 0.717) is 18.4 Å². The van der Waals surface area contributed by atoms with Crippen LogP contribution in [0.3, 0.4) is 0 Å². The van der Waals surface area contributed by atoms with E-state index in [0.717, 1.165) is 55.6 Å². The number of piperidine rings is 1. The largest absolute Gasteiger partial charge is 0.381 e. The van der Waals surface area contributed by atoms with Crippen molar-refractivity contribution in [2.75, 3.05) is 44.8 Å². The Bertz CT molecular complexity index is 549. The average molecular weight is 353 g/mol. The molecule has 1 atom stereocenters. The van der Waals surface area contributed by atoms with Crippen LogP contribution in [-0.4, -0.2) is 60.9 Å². The molecule has 2 aliphatic heterocycles. The van der Waals surface area contributed by atoms with E-state index in [9.17, 15) is 4.79 Å². The fourth-order valence-corrected chi connectivity index (χ4v) is 4.31. The molecule has 24 heavy (non-hydrogen) atoms. The Hall–Kier alpha value is -1.21. The molecule has 0 aromatic carbocycles. The highest BCUT2D eigenvalue weighted by Gasteiger charge is 2.29. The molecule has 0 bridgehead atoms. The predicted octanol–water partition coefficient (Wildman–Crippen LogP) is 2.37. The Morgan fingerprint density at radius 2 is 2.08 bits per heavy atom. The van der Waals surface area contributed by atoms with Crippen molar-refractivity contribution in [3.63, 3.8) is 0 Å². The van der Waals surface area contributed by atoms with E-state index in [-0.39, 0.29) is 11.8 Å². The standard InChI is InChI=1S/C17H28N4O2S/c1-12(2)15-18-19-17(24-15)21-7-4-13(5-8-21)10-20(3)16(22)14-6-9-23-11-14/h12-14H,4-11H2,1-3H3. The van der Waals surface area contributed by atoms with Crippen LogP contribution in [0, 0.1) is 11.8 Å². The zero-order valence-corrected chi connectivity index (χ0v) is 15.7.